The molecule has 0 amide bonds. The summed E-state index contributed by atoms with van der Waals surface area (Å²) < 4.78 is 37.4. The van der Waals surface area contributed by atoms with Crippen LogP contribution in [0.1, 0.15) is 52.4 Å². The van der Waals surface area contributed by atoms with Crippen molar-refractivity contribution >= 4 is 0 Å². The Kier molecular flexibility index (Phi) is 2.44. The molecule has 0 aromatic carbocycles. The first-order chi connectivity index (χ1) is 8.11. The van der Waals surface area contributed by atoms with Gasteiger partial charge in [0.05, 0.1) is 6.54 Å². The summed E-state index contributed by atoms with van der Waals surface area (Å²) in [4.78, 5) is 0. The lowest BCUT2D eigenvalue weighted by atomic mass is 9.43. The molecule has 104 valence electrons. The lowest BCUT2D eigenvalue weighted by Gasteiger charge is -2.65. The molecule has 0 aliphatic heterocycles. The maximum absolute atomic E-state index is 12.5. The van der Waals surface area contributed by atoms with Crippen LogP contribution in [0.3, 0.4) is 0 Å². The van der Waals surface area contributed by atoms with Crippen molar-refractivity contribution in [3.63, 3.8) is 0 Å². The van der Waals surface area contributed by atoms with Crippen molar-refractivity contribution in [1.82, 2.24) is 5.32 Å². The summed E-state index contributed by atoms with van der Waals surface area (Å²) in [5.41, 5.74) is 0.304. The summed E-state index contributed by atoms with van der Waals surface area (Å²) >= 11 is 0. The molecule has 4 saturated carbocycles. The van der Waals surface area contributed by atoms with E-state index in [-0.39, 0.29) is 16.4 Å². The van der Waals surface area contributed by atoms with Crippen LogP contribution in [0.25, 0.3) is 0 Å². The van der Waals surface area contributed by atoms with E-state index in [1.54, 1.807) is 0 Å². The van der Waals surface area contributed by atoms with Gasteiger partial charge < -0.3 is 5.32 Å². The first-order valence-corrected chi connectivity index (χ1v) is 6.93. The molecule has 0 aromatic heterocycles. The average Bonchev–Trinajstić information content (AvgIpc) is 2.07. The molecule has 1 N–H and O–H groups in total. The van der Waals surface area contributed by atoms with Crippen LogP contribution in [-0.2, 0) is 0 Å². The Morgan fingerprint density at radius 1 is 1.00 bits per heavy atom. The number of rotatable bonds is 2. The SMILES string of the molecule is CC12CC3CC(C)(C1)CC(NCC(F)(F)F)(C3)C2. The Bertz CT molecular complexity index is 345. The molecule has 0 saturated heterocycles. The van der Waals surface area contributed by atoms with Crippen molar-refractivity contribution in [2.75, 3.05) is 6.54 Å². The summed E-state index contributed by atoms with van der Waals surface area (Å²) in [6.07, 6.45) is 2.37. The van der Waals surface area contributed by atoms with Gasteiger partial charge in [-0.15, -0.1) is 0 Å². The van der Waals surface area contributed by atoms with Crippen LogP contribution in [0, 0.1) is 16.7 Å². The second-order valence-electron chi connectivity index (χ2n) is 7.88. The number of alkyl halides is 3. The number of hydrogen-bond donors (Lipinski definition) is 1. The maximum Gasteiger partial charge on any atom is 0.401 e. The highest BCUT2D eigenvalue weighted by Crippen LogP contribution is 2.66. The van der Waals surface area contributed by atoms with Crippen LogP contribution in [0.2, 0.25) is 0 Å². The summed E-state index contributed by atoms with van der Waals surface area (Å²) in [5.74, 6) is 0.636. The quantitative estimate of drug-likeness (QED) is 0.795. The minimum atomic E-state index is -4.09. The third-order valence-electron chi connectivity index (χ3n) is 5.29. The van der Waals surface area contributed by atoms with Gasteiger partial charge in [0, 0.05) is 5.54 Å². The standard InChI is InChI=1S/C14H22F3N/c1-11-3-10-4-12(2,6-11)8-13(5-10,7-11)18-9-14(15,16)17/h10,18H,3-9H2,1-2H3. The highest BCUT2D eigenvalue weighted by molar-refractivity contribution is 5.14. The second-order valence-corrected chi connectivity index (χ2v) is 7.88. The largest absolute Gasteiger partial charge is 0.401 e. The summed E-state index contributed by atoms with van der Waals surface area (Å²) in [6, 6.07) is 0. The molecule has 18 heavy (non-hydrogen) atoms. The van der Waals surface area contributed by atoms with E-state index in [4.69, 9.17) is 0 Å². The normalized spacial score (nSPS) is 50.8. The van der Waals surface area contributed by atoms with Gasteiger partial charge in [-0.25, -0.2) is 0 Å². The van der Waals surface area contributed by atoms with Crippen LogP contribution >= 0.6 is 0 Å². The minimum absolute atomic E-state index is 0.238. The monoisotopic (exact) mass is 261 g/mol. The third-order valence-corrected chi connectivity index (χ3v) is 5.29. The van der Waals surface area contributed by atoms with Crippen LogP contribution < -0.4 is 5.32 Å². The van der Waals surface area contributed by atoms with Crippen molar-refractivity contribution < 1.29 is 13.2 Å². The Labute approximate surface area is 107 Å². The van der Waals surface area contributed by atoms with Gasteiger partial charge in [0.1, 0.15) is 0 Å². The van der Waals surface area contributed by atoms with Crippen LogP contribution in [-0.4, -0.2) is 18.3 Å². The van der Waals surface area contributed by atoms with Gasteiger partial charge in [-0.1, -0.05) is 13.8 Å². The van der Waals surface area contributed by atoms with Gasteiger partial charge in [0.2, 0.25) is 0 Å². The fourth-order valence-electron chi connectivity index (χ4n) is 5.93. The zero-order chi connectivity index (χ0) is 13.2. The number of halogens is 3. The van der Waals surface area contributed by atoms with E-state index in [1.165, 1.54) is 19.3 Å². The molecule has 4 heteroatoms. The van der Waals surface area contributed by atoms with Gasteiger partial charge >= 0.3 is 6.18 Å². The van der Waals surface area contributed by atoms with E-state index < -0.39 is 12.7 Å². The van der Waals surface area contributed by atoms with E-state index in [9.17, 15) is 13.2 Å². The molecule has 1 nitrogen and oxygen atoms in total. The molecule has 0 spiro atoms. The van der Waals surface area contributed by atoms with Crippen LogP contribution in [0.4, 0.5) is 13.2 Å². The van der Waals surface area contributed by atoms with Gasteiger partial charge in [0.25, 0.3) is 0 Å². The molecule has 4 bridgehead atoms. The Balaban J connectivity index is 1.81. The Hall–Kier alpha value is -0.250. The van der Waals surface area contributed by atoms with Gasteiger partial charge in [-0.3, -0.25) is 0 Å². The molecular formula is C14H22F3N. The lowest BCUT2D eigenvalue weighted by molar-refractivity contribution is -0.153. The second kappa shape index (κ2) is 3.44. The van der Waals surface area contributed by atoms with E-state index >= 15 is 0 Å². The fourth-order valence-corrected chi connectivity index (χ4v) is 5.93. The Morgan fingerprint density at radius 2 is 1.56 bits per heavy atom. The first-order valence-electron chi connectivity index (χ1n) is 6.93. The molecule has 2 unspecified atom stereocenters. The molecule has 4 rings (SSSR count). The molecule has 0 aromatic rings. The molecule has 4 fully saturated rings. The van der Waals surface area contributed by atoms with E-state index in [0.29, 0.717) is 5.92 Å². The smallest absolute Gasteiger partial charge is 0.303 e. The van der Waals surface area contributed by atoms with Crippen molar-refractivity contribution in [3.05, 3.63) is 0 Å². The van der Waals surface area contributed by atoms with Crippen molar-refractivity contribution in [2.24, 2.45) is 16.7 Å². The molecule has 0 heterocycles. The van der Waals surface area contributed by atoms with Gasteiger partial charge in [-0.05, 0) is 55.3 Å². The van der Waals surface area contributed by atoms with E-state index in [1.807, 2.05) is 0 Å². The predicted octanol–water partition coefficient (Wildman–Crippen LogP) is 3.89. The van der Waals surface area contributed by atoms with E-state index in [0.717, 1.165) is 19.3 Å². The number of nitrogens with one attached hydrogen (secondary N) is 1. The Morgan fingerprint density at radius 3 is 2.00 bits per heavy atom. The topological polar surface area (TPSA) is 12.0 Å². The zero-order valence-electron chi connectivity index (χ0n) is 11.2. The minimum Gasteiger partial charge on any atom is -0.303 e. The zero-order valence-corrected chi connectivity index (χ0v) is 11.2. The van der Waals surface area contributed by atoms with E-state index in [2.05, 4.69) is 19.2 Å². The average molecular weight is 261 g/mol. The molecular weight excluding hydrogens is 239 g/mol. The fraction of sp³-hybridized carbons (Fsp3) is 1.00. The van der Waals surface area contributed by atoms with Crippen LogP contribution in [0.15, 0.2) is 0 Å². The van der Waals surface area contributed by atoms with Crippen molar-refractivity contribution in [3.8, 4) is 0 Å². The maximum atomic E-state index is 12.5. The van der Waals surface area contributed by atoms with Crippen molar-refractivity contribution in [2.45, 2.75) is 64.1 Å². The number of hydrogen-bond acceptors (Lipinski definition) is 1. The first kappa shape index (κ1) is 12.8. The van der Waals surface area contributed by atoms with Gasteiger partial charge in [0.15, 0.2) is 0 Å². The molecule has 2 atom stereocenters. The van der Waals surface area contributed by atoms with Crippen molar-refractivity contribution in [1.29, 1.82) is 0 Å². The molecule has 0 radical (unpaired) electrons. The van der Waals surface area contributed by atoms with Gasteiger partial charge in [-0.2, -0.15) is 13.2 Å². The molecule has 4 aliphatic rings. The van der Waals surface area contributed by atoms with Crippen LogP contribution in [0.5, 0.6) is 0 Å². The highest BCUT2D eigenvalue weighted by atomic mass is 19.4. The summed E-state index contributed by atoms with van der Waals surface area (Å²) in [5, 5.41) is 2.89. The predicted molar refractivity (Wildman–Crippen MR) is 64.2 cm³/mol. The molecule has 4 aliphatic carbocycles. The summed E-state index contributed by atoms with van der Waals surface area (Å²) in [6.45, 7) is 3.73. The highest BCUT2D eigenvalue weighted by Gasteiger charge is 2.60. The lowest BCUT2D eigenvalue weighted by Crippen LogP contribution is -2.65. The third kappa shape index (κ3) is 2.17. The summed E-state index contributed by atoms with van der Waals surface area (Å²) in [7, 11) is 0.